The lowest BCUT2D eigenvalue weighted by atomic mass is 10.1. The molecule has 0 radical (unpaired) electrons. The second-order valence-corrected chi connectivity index (χ2v) is 6.50. The van der Waals surface area contributed by atoms with Gasteiger partial charge in [-0.2, -0.15) is 11.8 Å². The molecule has 0 spiro atoms. The summed E-state index contributed by atoms with van der Waals surface area (Å²) in [4.78, 5) is 2.50. The third-order valence-electron chi connectivity index (χ3n) is 3.32. The highest BCUT2D eigenvalue weighted by Gasteiger charge is 2.16. The molecule has 108 valence electrons. The van der Waals surface area contributed by atoms with Crippen LogP contribution in [0.15, 0.2) is 18.2 Å². The molecular weight excluding hydrogens is 268 g/mol. The number of methoxy groups -OCH3 is 1. The molecule has 0 bridgehead atoms. The largest absolute Gasteiger partial charge is 0.495 e. The molecule has 1 heterocycles. The monoisotopic (exact) mass is 290 g/mol. The standard InChI is InChI=1S/C16H22N2OS/c1-13-11-18(8-9-20-13)12-14-5-6-16(19-2)15(10-14)4-3-7-17/h5-6,10,13H,7-9,11-12,17H2,1-2H3. The molecule has 0 aliphatic carbocycles. The Labute approximate surface area is 125 Å². The van der Waals surface area contributed by atoms with Crippen LogP contribution in [-0.2, 0) is 6.54 Å². The number of rotatable bonds is 3. The number of thioether (sulfide) groups is 1. The molecule has 1 aromatic carbocycles. The van der Waals surface area contributed by atoms with E-state index in [4.69, 9.17) is 10.5 Å². The van der Waals surface area contributed by atoms with Gasteiger partial charge in [0.1, 0.15) is 5.75 Å². The van der Waals surface area contributed by atoms with Crippen LogP contribution in [0.25, 0.3) is 0 Å². The van der Waals surface area contributed by atoms with Gasteiger partial charge in [0.05, 0.1) is 19.2 Å². The van der Waals surface area contributed by atoms with E-state index >= 15 is 0 Å². The average molecular weight is 290 g/mol. The molecule has 0 saturated carbocycles. The van der Waals surface area contributed by atoms with Crippen LogP contribution in [0.3, 0.4) is 0 Å². The molecule has 1 saturated heterocycles. The van der Waals surface area contributed by atoms with Crippen molar-refractivity contribution >= 4 is 11.8 Å². The van der Waals surface area contributed by atoms with Crippen molar-refractivity contribution < 1.29 is 4.74 Å². The van der Waals surface area contributed by atoms with Crippen LogP contribution >= 0.6 is 11.8 Å². The van der Waals surface area contributed by atoms with Crippen LogP contribution in [-0.4, -0.2) is 42.6 Å². The van der Waals surface area contributed by atoms with Crippen LogP contribution in [0.4, 0.5) is 0 Å². The highest BCUT2D eigenvalue weighted by atomic mass is 32.2. The van der Waals surface area contributed by atoms with Crippen molar-refractivity contribution in [3.05, 3.63) is 29.3 Å². The second kappa shape index (κ2) is 7.58. The highest BCUT2D eigenvalue weighted by molar-refractivity contribution is 7.99. The van der Waals surface area contributed by atoms with Gasteiger partial charge in [-0.05, 0) is 17.7 Å². The van der Waals surface area contributed by atoms with Crippen molar-refractivity contribution in [1.29, 1.82) is 0 Å². The van der Waals surface area contributed by atoms with E-state index in [0.29, 0.717) is 6.54 Å². The van der Waals surface area contributed by atoms with Crippen molar-refractivity contribution in [2.45, 2.75) is 18.7 Å². The molecule has 1 aliphatic heterocycles. The Morgan fingerprint density at radius 3 is 3.05 bits per heavy atom. The minimum Gasteiger partial charge on any atom is -0.495 e. The number of nitrogens with two attached hydrogens (primary N) is 1. The highest BCUT2D eigenvalue weighted by Crippen LogP contribution is 2.22. The van der Waals surface area contributed by atoms with E-state index in [2.05, 4.69) is 47.6 Å². The first kappa shape index (κ1) is 15.2. The fourth-order valence-corrected chi connectivity index (χ4v) is 3.47. The number of benzene rings is 1. The van der Waals surface area contributed by atoms with Gasteiger partial charge in [0.2, 0.25) is 0 Å². The average Bonchev–Trinajstić information content (AvgIpc) is 2.45. The molecule has 1 aromatic rings. The smallest absolute Gasteiger partial charge is 0.134 e. The molecule has 20 heavy (non-hydrogen) atoms. The summed E-state index contributed by atoms with van der Waals surface area (Å²) < 4.78 is 5.34. The normalized spacial score (nSPS) is 19.2. The lowest BCUT2D eigenvalue weighted by molar-refractivity contribution is 0.278. The van der Waals surface area contributed by atoms with E-state index < -0.39 is 0 Å². The fraction of sp³-hybridized carbons (Fsp3) is 0.500. The number of ether oxygens (including phenoxy) is 1. The van der Waals surface area contributed by atoms with E-state index in [1.54, 1.807) is 7.11 Å². The summed E-state index contributed by atoms with van der Waals surface area (Å²) in [6, 6.07) is 6.24. The Morgan fingerprint density at radius 2 is 2.35 bits per heavy atom. The summed E-state index contributed by atoms with van der Waals surface area (Å²) >= 11 is 2.05. The molecule has 1 fully saturated rings. The lowest BCUT2D eigenvalue weighted by Crippen LogP contribution is -2.36. The Kier molecular flexibility index (Phi) is 5.78. The summed E-state index contributed by atoms with van der Waals surface area (Å²) in [5, 5.41) is 0.721. The molecule has 0 aromatic heterocycles. The van der Waals surface area contributed by atoms with Gasteiger partial charge in [-0.1, -0.05) is 24.8 Å². The summed E-state index contributed by atoms with van der Waals surface area (Å²) in [7, 11) is 1.67. The molecule has 1 atom stereocenters. The molecule has 2 rings (SSSR count). The summed E-state index contributed by atoms with van der Waals surface area (Å²) in [5.74, 6) is 8.02. The first-order valence-corrected chi connectivity index (χ1v) is 7.97. The SMILES string of the molecule is COc1ccc(CN2CCSC(C)C2)cc1C#CCN. The van der Waals surface area contributed by atoms with Gasteiger partial charge in [0.15, 0.2) is 0 Å². The maximum absolute atomic E-state index is 5.45. The fourth-order valence-electron chi connectivity index (χ4n) is 2.39. The number of hydrogen-bond acceptors (Lipinski definition) is 4. The minimum absolute atomic E-state index is 0.369. The Bertz CT molecular complexity index is 507. The van der Waals surface area contributed by atoms with E-state index in [-0.39, 0.29) is 0 Å². The predicted octanol–water partition coefficient (Wildman–Crippen LogP) is 1.94. The van der Waals surface area contributed by atoms with Crippen LogP contribution in [0, 0.1) is 11.8 Å². The van der Waals surface area contributed by atoms with Crippen LogP contribution < -0.4 is 10.5 Å². The molecular formula is C16H22N2OS. The molecule has 4 heteroatoms. The van der Waals surface area contributed by atoms with E-state index in [1.165, 1.54) is 11.3 Å². The van der Waals surface area contributed by atoms with Gasteiger partial charge in [-0.15, -0.1) is 0 Å². The summed E-state index contributed by atoms with van der Waals surface area (Å²) in [6.07, 6.45) is 0. The first-order chi connectivity index (χ1) is 9.72. The van der Waals surface area contributed by atoms with Crippen LogP contribution in [0.1, 0.15) is 18.1 Å². The van der Waals surface area contributed by atoms with Crippen molar-refractivity contribution in [2.75, 3.05) is 32.5 Å². The van der Waals surface area contributed by atoms with E-state index in [0.717, 1.165) is 36.2 Å². The maximum Gasteiger partial charge on any atom is 0.134 e. The quantitative estimate of drug-likeness (QED) is 0.864. The van der Waals surface area contributed by atoms with Crippen molar-refractivity contribution in [3.8, 4) is 17.6 Å². The first-order valence-electron chi connectivity index (χ1n) is 6.92. The zero-order chi connectivity index (χ0) is 14.4. The van der Waals surface area contributed by atoms with Gasteiger partial charge >= 0.3 is 0 Å². The third-order valence-corrected chi connectivity index (χ3v) is 4.46. The Balaban J connectivity index is 2.11. The van der Waals surface area contributed by atoms with Gasteiger partial charge in [0.25, 0.3) is 0 Å². The van der Waals surface area contributed by atoms with Gasteiger partial charge in [0, 0.05) is 30.6 Å². The molecule has 0 amide bonds. The number of hydrogen-bond donors (Lipinski definition) is 1. The van der Waals surface area contributed by atoms with Crippen LogP contribution in [0.2, 0.25) is 0 Å². The van der Waals surface area contributed by atoms with Crippen molar-refractivity contribution in [2.24, 2.45) is 5.73 Å². The summed E-state index contributed by atoms with van der Waals surface area (Å²) in [6.45, 7) is 5.95. The van der Waals surface area contributed by atoms with E-state index in [1.807, 2.05) is 6.07 Å². The van der Waals surface area contributed by atoms with Gasteiger partial charge in [-0.3, -0.25) is 4.90 Å². The Hall–Kier alpha value is -1.15. The van der Waals surface area contributed by atoms with Crippen molar-refractivity contribution in [3.63, 3.8) is 0 Å². The zero-order valence-electron chi connectivity index (χ0n) is 12.2. The molecule has 3 nitrogen and oxygen atoms in total. The number of nitrogens with zero attached hydrogens (tertiary/aromatic N) is 1. The maximum atomic E-state index is 5.45. The molecule has 1 unspecified atom stereocenters. The zero-order valence-corrected chi connectivity index (χ0v) is 13.0. The Morgan fingerprint density at radius 1 is 1.50 bits per heavy atom. The van der Waals surface area contributed by atoms with Gasteiger partial charge < -0.3 is 10.5 Å². The van der Waals surface area contributed by atoms with Crippen molar-refractivity contribution in [1.82, 2.24) is 4.90 Å². The predicted molar refractivity (Wildman–Crippen MR) is 86.1 cm³/mol. The lowest BCUT2D eigenvalue weighted by Gasteiger charge is -2.30. The molecule has 1 aliphatic rings. The topological polar surface area (TPSA) is 38.5 Å². The van der Waals surface area contributed by atoms with Gasteiger partial charge in [-0.25, -0.2) is 0 Å². The molecule has 2 N–H and O–H groups in total. The summed E-state index contributed by atoms with van der Waals surface area (Å²) in [5.41, 5.74) is 7.66. The minimum atomic E-state index is 0.369. The van der Waals surface area contributed by atoms with Crippen LogP contribution in [0.5, 0.6) is 5.75 Å². The third kappa shape index (κ3) is 4.17. The second-order valence-electron chi connectivity index (χ2n) is 4.96. The van der Waals surface area contributed by atoms with E-state index in [9.17, 15) is 0 Å².